The van der Waals surface area contributed by atoms with Crippen LogP contribution in [0.25, 0.3) is 0 Å². The van der Waals surface area contributed by atoms with Crippen molar-refractivity contribution in [3.63, 3.8) is 0 Å². The predicted molar refractivity (Wildman–Crippen MR) is 74.1 cm³/mol. The van der Waals surface area contributed by atoms with Crippen molar-refractivity contribution in [2.45, 2.75) is 32.4 Å². The molecule has 0 heterocycles. The van der Waals surface area contributed by atoms with E-state index in [1.807, 2.05) is 19.9 Å². The second-order valence-electron chi connectivity index (χ2n) is 4.05. The number of benzene rings is 1. The number of halogens is 2. The van der Waals surface area contributed by atoms with Crippen molar-refractivity contribution in [2.24, 2.45) is 0 Å². The van der Waals surface area contributed by atoms with E-state index in [9.17, 15) is 4.79 Å². The fraction of sp³-hybridized carbons (Fsp3) is 0.462. The summed E-state index contributed by atoms with van der Waals surface area (Å²) in [5.41, 5.74) is 0.978. The van der Waals surface area contributed by atoms with Crippen LogP contribution in [0.4, 0.5) is 0 Å². The van der Waals surface area contributed by atoms with Crippen molar-refractivity contribution >= 4 is 29.2 Å². The Balaban J connectivity index is 2.77. The Kier molecular flexibility index (Phi) is 5.93. The van der Waals surface area contributed by atoms with Crippen LogP contribution in [-0.4, -0.2) is 19.1 Å². The van der Waals surface area contributed by atoms with Gasteiger partial charge < -0.3 is 4.74 Å². The SMILES string of the molecule is CCC(NC(C)c1ccc(Cl)c(Cl)c1)C(=O)OC. The minimum atomic E-state index is -0.320. The van der Waals surface area contributed by atoms with E-state index in [1.54, 1.807) is 12.1 Å². The first-order chi connectivity index (χ1) is 8.49. The first kappa shape index (κ1) is 15.3. The van der Waals surface area contributed by atoms with Gasteiger partial charge in [-0.25, -0.2) is 0 Å². The minimum Gasteiger partial charge on any atom is -0.468 e. The summed E-state index contributed by atoms with van der Waals surface area (Å²) >= 11 is 11.8. The lowest BCUT2D eigenvalue weighted by Gasteiger charge is -2.21. The molecule has 5 heteroatoms. The normalized spacial score (nSPS) is 14.1. The van der Waals surface area contributed by atoms with Gasteiger partial charge in [0.1, 0.15) is 6.04 Å². The van der Waals surface area contributed by atoms with Gasteiger partial charge in [0.2, 0.25) is 0 Å². The Labute approximate surface area is 117 Å². The molecule has 0 aliphatic rings. The molecule has 0 bridgehead atoms. The molecule has 1 rings (SSSR count). The second-order valence-corrected chi connectivity index (χ2v) is 4.86. The third kappa shape index (κ3) is 3.87. The number of methoxy groups -OCH3 is 1. The van der Waals surface area contributed by atoms with Crippen molar-refractivity contribution in [1.82, 2.24) is 5.32 Å². The Morgan fingerprint density at radius 2 is 2.06 bits per heavy atom. The molecule has 2 unspecified atom stereocenters. The highest BCUT2D eigenvalue weighted by Gasteiger charge is 2.19. The first-order valence-corrected chi connectivity index (χ1v) is 6.54. The standard InChI is InChI=1S/C13H17Cl2NO2/c1-4-12(13(17)18-3)16-8(2)9-5-6-10(14)11(15)7-9/h5-8,12,16H,4H2,1-3H3. The summed E-state index contributed by atoms with van der Waals surface area (Å²) in [6.45, 7) is 3.89. The Bertz CT molecular complexity index is 423. The van der Waals surface area contributed by atoms with Gasteiger partial charge >= 0.3 is 5.97 Å². The molecule has 18 heavy (non-hydrogen) atoms. The third-order valence-electron chi connectivity index (χ3n) is 2.79. The van der Waals surface area contributed by atoms with Gasteiger partial charge in [0.05, 0.1) is 17.2 Å². The molecule has 0 radical (unpaired) electrons. The quantitative estimate of drug-likeness (QED) is 0.842. The van der Waals surface area contributed by atoms with Crippen molar-refractivity contribution in [3.05, 3.63) is 33.8 Å². The van der Waals surface area contributed by atoms with E-state index in [4.69, 9.17) is 27.9 Å². The van der Waals surface area contributed by atoms with E-state index in [0.29, 0.717) is 16.5 Å². The average Bonchev–Trinajstić information content (AvgIpc) is 2.37. The zero-order chi connectivity index (χ0) is 13.7. The number of rotatable bonds is 5. The molecule has 0 aliphatic heterocycles. The molecule has 0 aliphatic carbocycles. The summed E-state index contributed by atoms with van der Waals surface area (Å²) in [6, 6.07) is 5.10. The van der Waals surface area contributed by atoms with Gasteiger partial charge in [-0.2, -0.15) is 0 Å². The van der Waals surface area contributed by atoms with Gasteiger partial charge in [-0.3, -0.25) is 10.1 Å². The molecule has 0 spiro atoms. The van der Waals surface area contributed by atoms with Crippen molar-refractivity contribution in [1.29, 1.82) is 0 Å². The molecule has 1 aromatic rings. The van der Waals surface area contributed by atoms with Gasteiger partial charge in [-0.05, 0) is 31.0 Å². The lowest BCUT2D eigenvalue weighted by molar-refractivity contribution is -0.143. The van der Waals surface area contributed by atoms with Gasteiger partial charge in [0.15, 0.2) is 0 Å². The summed E-state index contributed by atoms with van der Waals surface area (Å²) < 4.78 is 4.73. The summed E-state index contributed by atoms with van der Waals surface area (Å²) in [7, 11) is 1.39. The van der Waals surface area contributed by atoms with Crippen LogP contribution >= 0.6 is 23.2 Å². The molecule has 100 valence electrons. The molecular formula is C13H17Cl2NO2. The van der Waals surface area contributed by atoms with Crippen molar-refractivity contribution in [3.8, 4) is 0 Å². The number of hydrogen-bond acceptors (Lipinski definition) is 3. The van der Waals surface area contributed by atoms with E-state index >= 15 is 0 Å². The topological polar surface area (TPSA) is 38.3 Å². The minimum absolute atomic E-state index is 0.0104. The summed E-state index contributed by atoms with van der Waals surface area (Å²) in [5.74, 6) is -0.260. The van der Waals surface area contributed by atoms with Gasteiger partial charge in [0.25, 0.3) is 0 Å². The molecule has 0 amide bonds. The highest BCUT2D eigenvalue weighted by Crippen LogP contribution is 2.25. The van der Waals surface area contributed by atoms with E-state index in [0.717, 1.165) is 5.56 Å². The fourth-order valence-electron chi connectivity index (χ4n) is 1.67. The molecular weight excluding hydrogens is 273 g/mol. The Morgan fingerprint density at radius 3 is 2.56 bits per heavy atom. The highest BCUT2D eigenvalue weighted by atomic mass is 35.5. The zero-order valence-corrected chi connectivity index (χ0v) is 12.2. The van der Waals surface area contributed by atoms with Crippen LogP contribution in [-0.2, 0) is 9.53 Å². The van der Waals surface area contributed by atoms with E-state index in [2.05, 4.69) is 5.32 Å². The maximum absolute atomic E-state index is 11.5. The van der Waals surface area contributed by atoms with Gasteiger partial charge in [0, 0.05) is 6.04 Å². The second kappa shape index (κ2) is 6.98. The molecule has 0 aromatic heterocycles. The maximum atomic E-state index is 11.5. The third-order valence-corrected chi connectivity index (χ3v) is 3.53. The smallest absolute Gasteiger partial charge is 0.322 e. The number of hydrogen-bond donors (Lipinski definition) is 1. The molecule has 3 nitrogen and oxygen atoms in total. The number of nitrogens with one attached hydrogen (secondary N) is 1. The van der Waals surface area contributed by atoms with Gasteiger partial charge in [-0.1, -0.05) is 36.2 Å². The maximum Gasteiger partial charge on any atom is 0.322 e. The monoisotopic (exact) mass is 289 g/mol. The van der Waals surface area contributed by atoms with Crippen LogP contribution in [0.3, 0.4) is 0 Å². The lowest BCUT2D eigenvalue weighted by atomic mass is 10.1. The Hall–Kier alpha value is -0.770. The van der Waals surface area contributed by atoms with E-state index in [1.165, 1.54) is 7.11 Å². The van der Waals surface area contributed by atoms with Crippen LogP contribution in [0.5, 0.6) is 0 Å². The molecule has 0 fully saturated rings. The van der Waals surface area contributed by atoms with Crippen molar-refractivity contribution in [2.75, 3.05) is 7.11 Å². The fourth-order valence-corrected chi connectivity index (χ4v) is 1.98. The summed E-state index contributed by atoms with van der Waals surface area (Å²) in [6.07, 6.45) is 0.665. The molecule has 2 atom stereocenters. The predicted octanol–water partition coefficient (Wildman–Crippen LogP) is 3.60. The van der Waals surface area contributed by atoms with E-state index in [-0.39, 0.29) is 18.1 Å². The first-order valence-electron chi connectivity index (χ1n) is 5.78. The molecule has 0 saturated carbocycles. The number of esters is 1. The van der Waals surface area contributed by atoms with Crippen LogP contribution in [0.2, 0.25) is 10.0 Å². The van der Waals surface area contributed by atoms with Crippen LogP contribution in [0.1, 0.15) is 31.9 Å². The number of carbonyl (C=O) groups excluding carboxylic acids is 1. The summed E-state index contributed by atoms with van der Waals surface area (Å²) in [5, 5.41) is 4.23. The number of carbonyl (C=O) groups is 1. The molecule has 0 saturated heterocycles. The van der Waals surface area contributed by atoms with Crippen LogP contribution in [0.15, 0.2) is 18.2 Å². The van der Waals surface area contributed by atoms with E-state index < -0.39 is 0 Å². The van der Waals surface area contributed by atoms with Crippen LogP contribution in [0, 0.1) is 0 Å². The summed E-state index contributed by atoms with van der Waals surface area (Å²) in [4.78, 5) is 11.5. The largest absolute Gasteiger partial charge is 0.468 e. The molecule has 1 aromatic carbocycles. The molecule has 1 N–H and O–H groups in total. The number of ether oxygens (including phenoxy) is 1. The van der Waals surface area contributed by atoms with Crippen molar-refractivity contribution < 1.29 is 9.53 Å². The zero-order valence-electron chi connectivity index (χ0n) is 10.7. The van der Waals surface area contributed by atoms with Gasteiger partial charge in [-0.15, -0.1) is 0 Å². The lowest BCUT2D eigenvalue weighted by Crippen LogP contribution is -2.38. The average molecular weight is 290 g/mol. The highest BCUT2D eigenvalue weighted by molar-refractivity contribution is 6.42. The van der Waals surface area contributed by atoms with Crippen LogP contribution < -0.4 is 5.32 Å². The Morgan fingerprint density at radius 1 is 1.39 bits per heavy atom.